The summed E-state index contributed by atoms with van der Waals surface area (Å²) < 4.78 is 19.7. The van der Waals surface area contributed by atoms with Gasteiger partial charge in [-0.3, -0.25) is 4.79 Å². The van der Waals surface area contributed by atoms with E-state index in [1.54, 1.807) is 23.5 Å². The predicted molar refractivity (Wildman–Crippen MR) is 114 cm³/mol. The number of carbonyl (C=O) groups excluding carboxylic acids is 1. The highest BCUT2D eigenvalue weighted by Crippen LogP contribution is 2.33. The summed E-state index contributed by atoms with van der Waals surface area (Å²) in [5, 5.41) is 3.94. The molecule has 0 saturated carbocycles. The Morgan fingerprint density at radius 1 is 1.31 bits per heavy atom. The molecule has 7 heteroatoms. The van der Waals surface area contributed by atoms with Crippen molar-refractivity contribution in [2.24, 2.45) is 5.92 Å². The molecule has 1 N–H and O–H groups in total. The Labute approximate surface area is 173 Å². The number of ether oxygens (including phenoxy) is 1. The first-order valence-corrected chi connectivity index (χ1v) is 10.7. The first kappa shape index (κ1) is 19.6. The van der Waals surface area contributed by atoms with Gasteiger partial charge in [-0.2, -0.15) is 0 Å². The molecule has 3 aromatic rings. The minimum absolute atomic E-state index is 0.0405. The monoisotopic (exact) mass is 413 g/mol. The Kier molecular flexibility index (Phi) is 5.94. The first-order valence-electron chi connectivity index (χ1n) is 9.93. The van der Waals surface area contributed by atoms with Gasteiger partial charge in [-0.15, -0.1) is 0 Å². The molecule has 2 heterocycles. The second kappa shape index (κ2) is 8.78. The molecule has 29 heavy (non-hydrogen) atoms. The lowest BCUT2D eigenvalue weighted by atomic mass is 9.97. The number of nitrogens with one attached hydrogen (secondary N) is 1. The fourth-order valence-electron chi connectivity index (χ4n) is 3.59. The van der Waals surface area contributed by atoms with E-state index in [0.717, 1.165) is 46.0 Å². The summed E-state index contributed by atoms with van der Waals surface area (Å²) in [6, 6.07) is 12.2. The lowest BCUT2D eigenvalue weighted by molar-refractivity contribution is -0.125. The van der Waals surface area contributed by atoms with Gasteiger partial charge >= 0.3 is 0 Å². The summed E-state index contributed by atoms with van der Waals surface area (Å²) in [4.78, 5) is 19.6. The van der Waals surface area contributed by atoms with Gasteiger partial charge in [0.05, 0.1) is 22.7 Å². The second-order valence-corrected chi connectivity index (χ2v) is 8.20. The number of fused-ring (bicyclic) bond motifs is 1. The minimum Gasteiger partial charge on any atom is -0.494 e. The maximum atomic E-state index is 13.0. The van der Waals surface area contributed by atoms with Crippen LogP contribution in [0.2, 0.25) is 0 Å². The maximum Gasteiger partial charge on any atom is 0.225 e. The van der Waals surface area contributed by atoms with Crippen molar-refractivity contribution in [1.82, 2.24) is 10.3 Å². The summed E-state index contributed by atoms with van der Waals surface area (Å²) in [5.41, 5.74) is 1.85. The van der Waals surface area contributed by atoms with Crippen molar-refractivity contribution in [2.45, 2.75) is 26.3 Å². The Morgan fingerprint density at radius 2 is 2.14 bits per heavy atom. The number of amides is 1. The van der Waals surface area contributed by atoms with Gasteiger partial charge in [0.25, 0.3) is 0 Å². The third kappa shape index (κ3) is 4.67. The Morgan fingerprint density at radius 3 is 2.93 bits per heavy atom. The van der Waals surface area contributed by atoms with E-state index in [2.05, 4.69) is 10.2 Å². The minimum atomic E-state index is -0.271. The van der Waals surface area contributed by atoms with Crippen LogP contribution < -0.4 is 15.0 Å². The summed E-state index contributed by atoms with van der Waals surface area (Å²) in [7, 11) is 0. The molecular weight excluding hydrogens is 389 g/mol. The van der Waals surface area contributed by atoms with E-state index in [1.807, 2.05) is 25.1 Å². The highest BCUT2D eigenvalue weighted by Gasteiger charge is 2.27. The first-order chi connectivity index (χ1) is 14.1. The van der Waals surface area contributed by atoms with Crippen molar-refractivity contribution in [3.8, 4) is 5.75 Å². The largest absolute Gasteiger partial charge is 0.494 e. The molecular formula is C22H24FN3O2S. The molecule has 1 fully saturated rings. The van der Waals surface area contributed by atoms with Gasteiger partial charge in [0.2, 0.25) is 5.91 Å². The summed E-state index contributed by atoms with van der Waals surface area (Å²) in [5.74, 6) is 0.549. The van der Waals surface area contributed by atoms with Crippen LogP contribution in [0.4, 0.5) is 9.52 Å². The van der Waals surface area contributed by atoms with Crippen molar-refractivity contribution >= 4 is 32.6 Å². The molecule has 0 unspecified atom stereocenters. The number of halogens is 1. The van der Waals surface area contributed by atoms with Crippen LogP contribution in [0.5, 0.6) is 5.75 Å². The fourth-order valence-corrected chi connectivity index (χ4v) is 4.61. The van der Waals surface area contributed by atoms with Crippen LogP contribution in [0.25, 0.3) is 10.2 Å². The van der Waals surface area contributed by atoms with Crippen molar-refractivity contribution in [1.29, 1.82) is 0 Å². The average molecular weight is 414 g/mol. The van der Waals surface area contributed by atoms with E-state index in [0.29, 0.717) is 19.7 Å². The second-order valence-electron chi connectivity index (χ2n) is 7.19. The van der Waals surface area contributed by atoms with Crippen LogP contribution in [0.1, 0.15) is 25.3 Å². The fraction of sp³-hybridized carbons (Fsp3) is 0.364. The lowest BCUT2D eigenvalue weighted by Gasteiger charge is -2.31. The van der Waals surface area contributed by atoms with Gasteiger partial charge in [-0.1, -0.05) is 23.5 Å². The number of hydrogen-bond donors (Lipinski definition) is 1. The van der Waals surface area contributed by atoms with E-state index in [1.165, 1.54) is 12.1 Å². The summed E-state index contributed by atoms with van der Waals surface area (Å²) in [6.45, 7) is 4.58. The molecule has 1 amide bonds. The third-order valence-corrected chi connectivity index (χ3v) is 6.18. The van der Waals surface area contributed by atoms with Gasteiger partial charge in [0.1, 0.15) is 11.6 Å². The van der Waals surface area contributed by atoms with E-state index >= 15 is 0 Å². The predicted octanol–water partition coefficient (Wildman–Crippen LogP) is 4.37. The number of hydrogen-bond acceptors (Lipinski definition) is 5. The van der Waals surface area contributed by atoms with Gasteiger partial charge in [0.15, 0.2) is 5.13 Å². The van der Waals surface area contributed by atoms with E-state index in [-0.39, 0.29) is 17.6 Å². The number of benzene rings is 2. The van der Waals surface area contributed by atoms with Crippen LogP contribution in [0.3, 0.4) is 0 Å². The van der Waals surface area contributed by atoms with Crippen LogP contribution in [0, 0.1) is 11.7 Å². The molecule has 0 spiro atoms. The highest BCUT2D eigenvalue weighted by molar-refractivity contribution is 7.22. The van der Waals surface area contributed by atoms with Crippen molar-refractivity contribution < 1.29 is 13.9 Å². The number of nitrogens with zero attached hydrogens (tertiary/aromatic N) is 2. The summed E-state index contributed by atoms with van der Waals surface area (Å²) in [6.07, 6.45) is 1.82. The van der Waals surface area contributed by atoms with E-state index in [9.17, 15) is 9.18 Å². The number of anilines is 1. The molecule has 2 aromatic carbocycles. The van der Waals surface area contributed by atoms with Crippen molar-refractivity contribution in [2.75, 3.05) is 24.6 Å². The Bertz CT molecular complexity index is 989. The third-order valence-electron chi connectivity index (χ3n) is 5.10. The maximum absolute atomic E-state index is 13.0. The van der Waals surface area contributed by atoms with Gasteiger partial charge in [-0.25, -0.2) is 9.37 Å². The number of rotatable bonds is 6. The van der Waals surface area contributed by atoms with Crippen LogP contribution >= 0.6 is 11.3 Å². The van der Waals surface area contributed by atoms with Crippen LogP contribution in [-0.4, -0.2) is 30.6 Å². The molecule has 1 aliphatic rings. The quantitative estimate of drug-likeness (QED) is 0.652. The average Bonchev–Trinajstić information content (AvgIpc) is 3.17. The zero-order chi connectivity index (χ0) is 20.2. The Hall–Kier alpha value is -2.67. The van der Waals surface area contributed by atoms with Crippen LogP contribution in [-0.2, 0) is 11.3 Å². The molecule has 0 bridgehead atoms. The molecule has 1 aliphatic heterocycles. The molecule has 152 valence electrons. The van der Waals surface area contributed by atoms with Crippen molar-refractivity contribution in [3.63, 3.8) is 0 Å². The molecule has 0 aliphatic carbocycles. The van der Waals surface area contributed by atoms with E-state index in [4.69, 9.17) is 9.72 Å². The number of carbonyl (C=O) groups is 1. The lowest BCUT2D eigenvalue weighted by Crippen LogP contribution is -2.42. The smallest absolute Gasteiger partial charge is 0.225 e. The van der Waals surface area contributed by atoms with Gasteiger partial charge in [0, 0.05) is 19.6 Å². The van der Waals surface area contributed by atoms with Crippen LogP contribution in [0.15, 0.2) is 42.5 Å². The molecule has 1 atom stereocenters. The Balaban J connectivity index is 1.40. The van der Waals surface area contributed by atoms with Crippen molar-refractivity contribution in [3.05, 3.63) is 53.8 Å². The number of aromatic nitrogens is 1. The van der Waals surface area contributed by atoms with Gasteiger partial charge < -0.3 is 15.0 Å². The zero-order valence-corrected chi connectivity index (χ0v) is 17.2. The molecule has 1 saturated heterocycles. The van der Waals surface area contributed by atoms with Gasteiger partial charge in [-0.05, 0) is 55.7 Å². The molecule has 0 radical (unpaired) electrons. The SMILES string of the molecule is CCOc1ccc2nc(N3CCC[C@@H](C(=O)NCc4ccc(F)cc4)C3)sc2c1. The molecule has 4 rings (SSSR count). The van der Waals surface area contributed by atoms with E-state index < -0.39 is 0 Å². The molecule has 5 nitrogen and oxygen atoms in total. The standard InChI is InChI=1S/C22H24FN3O2S/c1-2-28-18-9-10-19-20(12-18)29-22(25-19)26-11-3-4-16(14-26)21(27)24-13-15-5-7-17(23)8-6-15/h5-10,12,16H,2-4,11,13-14H2,1H3,(H,24,27)/t16-/m1/s1. The normalized spacial score (nSPS) is 16.8. The number of piperidine rings is 1. The zero-order valence-electron chi connectivity index (χ0n) is 16.4. The topological polar surface area (TPSA) is 54.5 Å². The number of thiazole rings is 1. The summed E-state index contributed by atoms with van der Waals surface area (Å²) >= 11 is 1.64. The highest BCUT2D eigenvalue weighted by atomic mass is 32.1. The molecule has 1 aromatic heterocycles.